The molecule has 0 aliphatic heterocycles. The van der Waals surface area contributed by atoms with Crippen molar-refractivity contribution in [2.75, 3.05) is 7.05 Å². The van der Waals surface area contributed by atoms with Gasteiger partial charge < -0.3 is 5.32 Å². The lowest BCUT2D eigenvalue weighted by atomic mass is 9.91. The van der Waals surface area contributed by atoms with Gasteiger partial charge in [0.25, 0.3) is 0 Å². The number of halogens is 1. The standard InChI is InChI=1S/C12H19BrN2/c1-4-11(9(2)14-3)5-10-6-12(13)8-15-7-10/h6-9,11,14H,4-5H2,1-3H3. The van der Waals surface area contributed by atoms with E-state index in [0.717, 1.165) is 10.9 Å². The fraction of sp³-hybridized carbons (Fsp3) is 0.583. The Kier molecular flexibility index (Phi) is 5.26. The van der Waals surface area contributed by atoms with E-state index in [9.17, 15) is 0 Å². The van der Waals surface area contributed by atoms with Crippen LogP contribution < -0.4 is 5.32 Å². The van der Waals surface area contributed by atoms with Crippen molar-refractivity contribution < 1.29 is 0 Å². The maximum absolute atomic E-state index is 4.19. The summed E-state index contributed by atoms with van der Waals surface area (Å²) in [5.74, 6) is 0.672. The first-order valence-electron chi connectivity index (χ1n) is 5.44. The van der Waals surface area contributed by atoms with Crippen LogP contribution in [0.25, 0.3) is 0 Å². The Morgan fingerprint density at radius 3 is 2.73 bits per heavy atom. The fourth-order valence-electron chi connectivity index (χ4n) is 1.78. The molecule has 1 aromatic rings. The fourth-order valence-corrected chi connectivity index (χ4v) is 2.19. The minimum absolute atomic E-state index is 0.550. The van der Waals surface area contributed by atoms with Crippen LogP contribution in [0, 0.1) is 5.92 Å². The predicted octanol–water partition coefficient (Wildman–Crippen LogP) is 3.02. The van der Waals surface area contributed by atoms with Crippen LogP contribution in [0.5, 0.6) is 0 Å². The summed E-state index contributed by atoms with van der Waals surface area (Å²) in [7, 11) is 2.02. The molecule has 2 atom stereocenters. The molecule has 1 N–H and O–H groups in total. The molecule has 15 heavy (non-hydrogen) atoms. The lowest BCUT2D eigenvalue weighted by Gasteiger charge is -2.22. The minimum atomic E-state index is 0.550. The van der Waals surface area contributed by atoms with E-state index >= 15 is 0 Å². The van der Waals surface area contributed by atoms with Gasteiger partial charge in [0, 0.05) is 22.9 Å². The van der Waals surface area contributed by atoms with E-state index in [1.807, 2.05) is 19.4 Å². The van der Waals surface area contributed by atoms with Gasteiger partial charge in [-0.2, -0.15) is 0 Å². The highest BCUT2D eigenvalue weighted by Crippen LogP contribution is 2.17. The van der Waals surface area contributed by atoms with Crippen LogP contribution in [-0.2, 0) is 6.42 Å². The predicted molar refractivity (Wildman–Crippen MR) is 67.9 cm³/mol. The van der Waals surface area contributed by atoms with Crippen LogP contribution in [0.4, 0.5) is 0 Å². The van der Waals surface area contributed by atoms with Crippen molar-refractivity contribution in [2.45, 2.75) is 32.7 Å². The Labute approximate surface area is 101 Å². The van der Waals surface area contributed by atoms with Crippen molar-refractivity contribution in [3.8, 4) is 0 Å². The number of hydrogen-bond acceptors (Lipinski definition) is 2. The van der Waals surface area contributed by atoms with E-state index in [-0.39, 0.29) is 0 Å². The number of pyridine rings is 1. The number of rotatable bonds is 5. The molecule has 0 bridgehead atoms. The third-order valence-electron chi connectivity index (χ3n) is 2.95. The van der Waals surface area contributed by atoms with Gasteiger partial charge >= 0.3 is 0 Å². The van der Waals surface area contributed by atoms with Crippen molar-refractivity contribution >= 4 is 15.9 Å². The van der Waals surface area contributed by atoms with Crippen molar-refractivity contribution in [1.82, 2.24) is 10.3 Å². The summed E-state index contributed by atoms with van der Waals surface area (Å²) >= 11 is 3.45. The molecule has 0 radical (unpaired) electrons. The molecule has 0 amide bonds. The zero-order valence-electron chi connectivity index (χ0n) is 9.63. The normalized spacial score (nSPS) is 14.9. The van der Waals surface area contributed by atoms with Gasteiger partial charge in [-0.3, -0.25) is 4.98 Å². The summed E-state index contributed by atoms with van der Waals surface area (Å²) in [5.41, 5.74) is 1.30. The quantitative estimate of drug-likeness (QED) is 0.890. The maximum Gasteiger partial charge on any atom is 0.0410 e. The van der Waals surface area contributed by atoms with Crippen LogP contribution in [0.3, 0.4) is 0 Å². The van der Waals surface area contributed by atoms with Gasteiger partial charge in [0.1, 0.15) is 0 Å². The molecule has 3 heteroatoms. The highest BCUT2D eigenvalue weighted by molar-refractivity contribution is 9.10. The van der Waals surface area contributed by atoms with Crippen molar-refractivity contribution in [1.29, 1.82) is 0 Å². The number of aromatic nitrogens is 1. The van der Waals surface area contributed by atoms with E-state index in [1.165, 1.54) is 12.0 Å². The zero-order chi connectivity index (χ0) is 11.3. The monoisotopic (exact) mass is 270 g/mol. The van der Waals surface area contributed by atoms with E-state index < -0.39 is 0 Å². The SMILES string of the molecule is CCC(Cc1cncc(Br)c1)C(C)NC. The van der Waals surface area contributed by atoms with Crippen molar-refractivity contribution in [3.63, 3.8) is 0 Å². The molecule has 1 rings (SSSR count). The second-order valence-corrected chi connectivity index (χ2v) is 4.88. The average Bonchev–Trinajstić information content (AvgIpc) is 2.25. The van der Waals surface area contributed by atoms with E-state index in [1.54, 1.807) is 0 Å². The lowest BCUT2D eigenvalue weighted by Crippen LogP contribution is -2.31. The van der Waals surface area contributed by atoms with Gasteiger partial charge in [-0.1, -0.05) is 13.3 Å². The third kappa shape index (κ3) is 3.92. The molecule has 0 aliphatic carbocycles. The van der Waals surface area contributed by atoms with E-state index in [4.69, 9.17) is 0 Å². The van der Waals surface area contributed by atoms with Crippen LogP contribution in [0.2, 0.25) is 0 Å². The first-order chi connectivity index (χ1) is 7.17. The van der Waals surface area contributed by atoms with Gasteiger partial charge in [0.05, 0.1) is 0 Å². The largest absolute Gasteiger partial charge is 0.317 e. The van der Waals surface area contributed by atoms with Gasteiger partial charge in [-0.05, 0) is 53.9 Å². The van der Waals surface area contributed by atoms with Crippen molar-refractivity contribution in [3.05, 3.63) is 28.5 Å². The summed E-state index contributed by atoms with van der Waals surface area (Å²) in [5, 5.41) is 3.32. The average molecular weight is 271 g/mol. The van der Waals surface area contributed by atoms with Crippen LogP contribution in [0.1, 0.15) is 25.8 Å². The first-order valence-corrected chi connectivity index (χ1v) is 6.23. The molecule has 0 saturated heterocycles. The second-order valence-electron chi connectivity index (χ2n) is 3.96. The zero-order valence-corrected chi connectivity index (χ0v) is 11.2. The van der Waals surface area contributed by atoms with E-state index in [2.05, 4.69) is 46.1 Å². The molecular weight excluding hydrogens is 252 g/mol. The molecule has 0 spiro atoms. The summed E-state index contributed by atoms with van der Waals surface area (Å²) in [4.78, 5) is 4.19. The Balaban J connectivity index is 2.66. The smallest absolute Gasteiger partial charge is 0.0410 e. The Morgan fingerprint density at radius 2 is 2.20 bits per heavy atom. The maximum atomic E-state index is 4.19. The van der Waals surface area contributed by atoms with Crippen molar-refractivity contribution in [2.24, 2.45) is 5.92 Å². The number of nitrogens with one attached hydrogen (secondary N) is 1. The van der Waals surface area contributed by atoms with Gasteiger partial charge in [-0.25, -0.2) is 0 Å². The molecule has 1 heterocycles. The molecule has 2 nitrogen and oxygen atoms in total. The first kappa shape index (κ1) is 12.7. The van der Waals surface area contributed by atoms with E-state index in [0.29, 0.717) is 12.0 Å². The molecule has 84 valence electrons. The highest BCUT2D eigenvalue weighted by atomic mass is 79.9. The Morgan fingerprint density at radius 1 is 1.47 bits per heavy atom. The molecule has 0 aliphatic rings. The minimum Gasteiger partial charge on any atom is -0.317 e. The molecular formula is C12H19BrN2. The highest BCUT2D eigenvalue weighted by Gasteiger charge is 2.14. The summed E-state index contributed by atoms with van der Waals surface area (Å²) < 4.78 is 1.06. The molecule has 1 aromatic heterocycles. The summed E-state index contributed by atoms with van der Waals surface area (Å²) in [6, 6.07) is 2.70. The van der Waals surface area contributed by atoms with Crippen LogP contribution >= 0.6 is 15.9 Å². The number of hydrogen-bond donors (Lipinski definition) is 1. The van der Waals surface area contributed by atoms with Gasteiger partial charge in [-0.15, -0.1) is 0 Å². The summed E-state index contributed by atoms with van der Waals surface area (Å²) in [6.07, 6.45) is 6.06. The second kappa shape index (κ2) is 6.23. The lowest BCUT2D eigenvalue weighted by molar-refractivity contribution is 0.381. The van der Waals surface area contributed by atoms with Gasteiger partial charge in [0.15, 0.2) is 0 Å². The molecule has 0 fully saturated rings. The molecule has 2 unspecified atom stereocenters. The van der Waals surface area contributed by atoms with Crippen LogP contribution in [0.15, 0.2) is 22.9 Å². The Bertz CT molecular complexity index is 301. The topological polar surface area (TPSA) is 24.9 Å². The molecule has 0 saturated carbocycles. The number of nitrogens with zero attached hydrogens (tertiary/aromatic N) is 1. The summed E-state index contributed by atoms with van der Waals surface area (Å²) in [6.45, 7) is 4.48. The Hall–Kier alpha value is -0.410. The third-order valence-corrected chi connectivity index (χ3v) is 3.38. The van der Waals surface area contributed by atoms with Crippen LogP contribution in [-0.4, -0.2) is 18.1 Å². The molecule has 0 aromatic carbocycles. The van der Waals surface area contributed by atoms with Gasteiger partial charge in [0.2, 0.25) is 0 Å².